The Morgan fingerprint density at radius 2 is 2.24 bits per heavy atom. The Balaban J connectivity index is 2.43. The number of sulfonamides is 1. The van der Waals surface area contributed by atoms with Gasteiger partial charge in [0.15, 0.2) is 10.8 Å². The summed E-state index contributed by atoms with van der Waals surface area (Å²) in [6.07, 6.45) is 1.64. The molecule has 0 saturated carbocycles. The van der Waals surface area contributed by atoms with E-state index in [9.17, 15) is 8.42 Å². The van der Waals surface area contributed by atoms with E-state index >= 15 is 0 Å². The van der Waals surface area contributed by atoms with Crippen LogP contribution in [0.4, 0.5) is 5.82 Å². The molecule has 0 bridgehead atoms. The van der Waals surface area contributed by atoms with Gasteiger partial charge in [0.25, 0.3) is 10.0 Å². The SMILES string of the molecule is COCC(NS(=O)(=O)c1c(NN)nc2sccn12)C(C)C. The highest BCUT2D eigenvalue weighted by molar-refractivity contribution is 7.89. The Kier molecular flexibility index (Phi) is 4.84. The number of hydrazine groups is 1. The maximum Gasteiger partial charge on any atom is 0.260 e. The number of nitrogens with zero attached hydrogens (tertiary/aromatic N) is 2. The van der Waals surface area contributed by atoms with Crippen molar-refractivity contribution in [3.8, 4) is 0 Å². The zero-order valence-electron chi connectivity index (χ0n) is 12.0. The number of imidazole rings is 1. The lowest BCUT2D eigenvalue weighted by atomic mass is 10.1. The first-order valence-corrected chi connectivity index (χ1v) is 8.70. The summed E-state index contributed by atoms with van der Waals surface area (Å²) < 4.78 is 34.5. The van der Waals surface area contributed by atoms with E-state index in [4.69, 9.17) is 10.6 Å². The lowest BCUT2D eigenvalue weighted by molar-refractivity contribution is 0.157. The molecular weight excluding hydrogens is 314 g/mol. The van der Waals surface area contributed by atoms with Crippen molar-refractivity contribution in [2.24, 2.45) is 11.8 Å². The molecule has 0 saturated heterocycles. The molecule has 0 aliphatic heterocycles. The van der Waals surface area contributed by atoms with E-state index in [0.717, 1.165) is 0 Å². The first-order valence-electron chi connectivity index (χ1n) is 6.34. The van der Waals surface area contributed by atoms with Gasteiger partial charge in [0.1, 0.15) is 0 Å². The van der Waals surface area contributed by atoms with Gasteiger partial charge in [0.05, 0.1) is 6.61 Å². The molecule has 0 aliphatic rings. The number of fused-ring (bicyclic) bond motifs is 1. The van der Waals surface area contributed by atoms with Crippen molar-refractivity contribution in [1.82, 2.24) is 14.1 Å². The number of thiazole rings is 1. The molecule has 1 atom stereocenters. The molecule has 21 heavy (non-hydrogen) atoms. The number of methoxy groups -OCH3 is 1. The number of anilines is 1. The third-order valence-electron chi connectivity index (χ3n) is 3.07. The van der Waals surface area contributed by atoms with Gasteiger partial charge in [0, 0.05) is 24.7 Å². The van der Waals surface area contributed by atoms with Crippen LogP contribution in [0.15, 0.2) is 16.6 Å². The van der Waals surface area contributed by atoms with Gasteiger partial charge in [-0.05, 0) is 5.92 Å². The number of ether oxygens (including phenoxy) is 1. The Bertz CT molecular complexity index is 707. The summed E-state index contributed by atoms with van der Waals surface area (Å²) in [4.78, 5) is 4.70. The zero-order chi connectivity index (χ0) is 15.6. The third kappa shape index (κ3) is 3.19. The highest BCUT2D eigenvalue weighted by Gasteiger charge is 2.29. The van der Waals surface area contributed by atoms with E-state index < -0.39 is 10.0 Å². The first kappa shape index (κ1) is 16.2. The Hall–Kier alpha value is -1.20. The number of nitrogen functional groups attached to an aromatic ring is 1. The number of nitrogens with two attached hydrogens (primary N) is 1. The van der Waals surface area contributed by atoms with Crippen LogP contribution >= 0.6 is 11.3 Å². The van der Waals surface area contributed by atoms with Crippen molar-refractivity contribution < 1.29 is 13.2 Å². The molecule has 0 spiro atoms. The molecule has 2 rings (SSSR count). The van der Waals surface area contributed by atoms with E-state index in [1.54, 1.807) is 11.6 Å². The summed E-state index contributed by atoms with van der Waals surface area (Å²) in [6, 6.07) is -0.338. The summed E-state index contributed by atoms with van der Waals surface area (Å²) in [5.74, 6) is 5.58. The minimum Gasteiger partial charge on any atom is -0.383 e. The molecule has 4 N–H and O–H groups in total. The molecule has 0 amide bonds. The van der Waals surface area contributed by atoms with E-state index in [1.165, 1.54) is 22.8 Å². The molecule has 2 heterocycles. The summed E-state index contributed by atoms with van der Waals surface area (Å²) in [7, 11) is -2.25. The molecular formula is C11H19N5O3S2. The van der Waals surface area contributed by atoms with Crippen molar-refractivity contribution >= 4 is 32.1 Å². The van der Waals surface area contributed by atoms with Crippen LogP contribution in [-0.2, 0) is 14.8 Å². The van der Waals surface area contributed by atoms with Crippen LogP contribution in [0.5, 0.6) is 0 Å². The maximum atomic E-state index is 12.7. The van der Waals surface area contributed by atoms with Gasteiger partial charge < -0.3 is 10.2 Å². The van der Waals surface area contributed by atoms with Gasteiger partial charge in [-0.2, -0.15) is 4.98 Å². The molecule has 2 aromatic rings. The number of hydrogen-bond donors (Lipinski definition) is 3. The van der Waals surface area contributed by atoms with E-state index in [1.807, 2.05) is 13.8 Å². The minimum atomic E-state index is -3.79. The smallest absolute Gasteiger partial charge is 0.260 e. The second-order valence-electron chi connectivity index (χ2n) is 4.89. The second kappa shape index (κ2) is 6.28. The lowest BCUT2D eigenvalue weighted by Gasteiger charge is -2.21. The van der Waals surface area contributed by atoms with Crippen LogP contribution in [0.3, 0.4) is 0 Å². The standard InChI is InChI=1S/C11H19N5O3S2/c1-7(2)8(6-19-3)15-21(17,18)10-9(14-12)13-11-16(10)4-5-20-11/h4-5,7-8,14-15H,6,12H2,1-3H3. The summed E-state index contributed by atoms with van der Waals surface area (Å²) >= 11 is 1.33. The van der Waals surface area contributed by atoms with Crippen molar-refractivity contribution in [2.45, 2.75) is 24.9 Å². The Morgan fingerprint density at radius 1 is 1.52 bits per heavy atom. The van der Waals surface area contributed by atoms with Crippen LogP contribution in [0.1, 0.15) is 13.8 Å². The predicted octanol–water partition coefficient (Wildman–Crippen LogP) is 0.631. The highest BCUT2D eigenvalue weighted by Crippen LogP contribution is 2.25. The van der Waals surface area contributed by atoms with Crippen LogP contribution in [0, 0.1) is 5.92 Å². The number of hydrogen-bond acceptors (Lipinski definition) is 7. The number of nitrogens with one attached hydrogen (secondary N) is 2. The quantitative estimate of drug-likeness (QED) is 0.506. The zero-order valence-corrected chi connectivity index (χ0v) is 13.7. The molecule has 0 aliphatic carbocycles. The average molecular weight is 333 g/mol. The minimum absolute atomic E-state index is 0.00278. The van der Waals surface area contributed by atoms with Gasteiger partial charge in [-0.25, -0.2) is 19.0 Å². The fraction of sp³-hybridized carbons (Fsp3) is 0.545. The van der Waals surface area contributed by atoms with Gasteiger partial charge in [0.2, 0.25) is 5.03 Å². The molecule has 10 heteroatoms. The summed E-state index contributed by atoms with van der Waals surface area (Å²) in [6.45, 7) is 4.13. The molecule has 0 fully saturated rings. The van der Waals surface area contributed by atoms with Crippen LogP contribution in [-0.4, -0.2) is 37.6 Å². The topological polar surface area (TPSA) is 111 Å². The number of rotatable bonds is 7. The van der Waals surface area contributed by atoms with Gasteiger partial charge in [-0.15, -0.1) is 11.3 Å². The molecule has 1 unspecified atom stereocenters. The average Bonchev–Trinajstić information content (AvgIpc) is 2.96. The van der Waals surface area contributed by atoms with Crippen molar-refractivity contribution in [3.63, 3.8) is 0 Å². The predicted molar refractivity (Wildman–Crippen MR) is 81.7 cm³/mol. The molecule has 0 aromatic carbocycles. The van der Waals surface area contributed by atoms with E-state index in [-0.39, 0.29) is 29.4 Å². The molecule has 118 valence electrons. The summed E-state index contributed by atoms with van der Waals surface area (Å²) in [5, 5.41) is 1.76. The van der Waals surface area contributed by atoms with E-state index in [2.05, 4.69) is 15.1 Å². The van der Waals surface area contributed by atoms with Crippen LogP contribution < -0.4 is 16.0 Å². The highest BCUT2D eigenvalue weighted by atomic mass is 32.2. The van der Waals surface area contributed by atoms with Crippen molar-refractivity contribution in [3.05, 3.63) is 11.6 Å². The molecule has 2 aromatic heterocycles. The Morgan fingerprint density at radius 3 is 2.81 bits per heavy atom. The largest absolute Gasteiger partial charge is 0.383 e. The Labute approximate surface area is 127 Å². The molecule has 8 nitrogen and oxygen atoms in total. The van der Waals surface area contributed by atoms with E-state index in [0.29, 0.717) is 4.96 Å². The fourth-order valence-corrected chi connectivity index (χ4v) is 4.30. The summed E-state index contributed by atoms with van der Waals surface area (Å²) in [5.41, 5.74) is 2.34. The van der Waals surface area contributed by atoms with Crippen molar-refractivity contribution in [1.29, 1.82) is 0 Å². The fourth-order valence-electron chi connectivity index (χ4n) is 1.91. The van der Waals surface area contributed by atoms with Gasteiger partial charge in [-0.3, -0.25) is 4.40 Å². The monoisotopic (exact) mass is 333 g/mol. The van der Waals surface area contributed by atoms with Crippen LogP contribution in [0.2, 0.25) is 0 Å². The number of aromatic nitrogens is 2. The van der Waals surface area contributed by atoms with Crippen molar-refractivity contribution in [2.75, 3.05) is 19.1 Å². The third-order valence-corrected chi connectivity index (χ3v) is 5.34. The van der Waals surface area contributed by atoms with Crippen LogP contribution in [0.25, 0.3) is 4.96 Å². The second-order valence-corrected chi connectivity index (χ2v) is 7.39. The van der Waals surface area contributed by atoms with Gasteiger partial charge in [-0.1, -0.05) is 13.8 Å². The molecule has 0 radical (unpaired) electrons. The maximum absolute atomic E-state index is 12.7. The normalized spacial score (nSPS) is 14.0. The lowest BCUT2D eigenvalue weighted by Crippen LogP contribution is -2.42. The first-order chi connectivity index (χ1) is 9.90. The van der Waals surface area contributed by atoms with Gasteiger partial charge >= 0.3 is 0 Å².